The van der Waals surface area contributed by atoms with E-state index in [0.717, 1.165) is 0 Å². The molecule has 0 aromatic rings. The number of unbranched alkanes of at least 4 members (excludes halogenated alkanes) is 5. The normalized spacial score (nSPS) is 7.80. The second kappa shape index (κ2) is 16.7. The standard InChI is InChI=1S/C8H18.BrH.H2I/c1-3-5-7-8-6-4-2;;/h3-8H2,1-2H3;1H;1H2/q;;+1/p-1. The molecule has 0 radical (unpaired) electrons. The molecule has 0 aliphatic carbocycles. The van der Waals surface area contributed by atoms with E-state index < -0.39 is 0 Å². The van der Waals surface area contributed by atoms with E-state index in [1.807, 2.05) is 0 Å². The fraction of sp³-hybridized carbons (Fsp3) is 1.00. The average Bonchev–Trinajstić information content (AvgIpc) is 1.81. The van der Waals surface area contributed by atoms with Gasteiger partial charge in [0.1, 0.15) is 0 Å². The van der Waals surface area contributed by atoms with E-state index >= 15 is 0 Å². The van der Waals surface area contributed by atoms with Gasteiger partial charge >= 0.3 is 0 Å². The van der Waals surface area contributed by atoms with Crippen LogP contribution in [-0.4, -0.2) is 0 Å². The molecule has 0 aromatic carbocycles. The van der Waals surface area contributed by atoms with Crippen molar-refractivity contribution in [3.05, 3.63) is 0 Å². The van der Waals surface area contributed by atoms with Gasteiger partial charge in [-0.3, -0.25) is 0 Å². The van der Waals surface area contributed by atoms with E-state index in [9.17, 15) is 0 Å². The highest BCUT2D eigenvalue weighted by Gasteiger charge is 1.83. The molecule has 0 spiro atoms. The van der Waals surface area contributed by atoms with Crippen LogP contribution < -0.4 is 41.0 Å². The Labute approximate surface area is 93.0 Å². The third-order valence-corrected chi connectivity index (χ3v) is 1.46. The molecule has 66 valence electrons. The first-order chi connectivity index (χ1) is 3.91. The summed E-state index contributed by atoms with van der Waals surface area (Å²) in [6.45, 7) is 4.51. The predicted molar refractivity (Wildman–Crippen MR) is 41.8 cm³/mol. The number of hydrogen-bond acceptors (Lipinski definition) is 0. The van der Waals surface area contributed by atoms with Crippen molar-refractivity contribution >= 4 is 0 Å². The predicted octanol–water partition coefficient (Wildman–Crippen LogP) is -3.16. The van der Waals surface area contributed by atoms with Gasteiger partial charge in [-0.25, -0.2) is 0 Å². The van der Waals surface area contributed by atoms with Crippen LogP contribution in [0.1, 0.15) is 52.4 Å². The van der Waals surface area contributed by atoms with E-state index in [-0.39, 0.29) is 41.0 Å². The molecule has 0 unspecified atom stereocenters. The van der Waals surface area contributed by atoms with Crippen LogP contribution in [0.2, 0.25) is 0 Å². The molecule has 0 atom stereocenters. The zero-order valence-corrected chi connectivity index (χ0v) is 11.2. The minimum atomic E-state index is 0. The maximum atomic E-state index is 2.26. The minimum Gasteiger partial charge on any atom is -1.00 e. The highest BCUT2D eigenvalue weighted by atomic mass is 127. The quantitative estimate of drug-likeness (QED) is 0.370. The van der Waals surface area contributed by atoms with Crippen molar-refractivity contribution in [2.45, 2.75) is 52.4 Å². The molecule has 0 aromatic heterocycles. The molecule has 0 nitrogen and oxygen atoms in total. The van der Waals surface area contributed by atoms with Gasteiger partial charge in [0.25, 0.3) is 0 Å². The van der Waals surface area contributed by atoms with Gasteiger partial charge in [0.15, 0.2) is 0 Å². The third-order valence-electron chi connectivity index (χ3n) is 1.46. The average molecular weight is 323 g/mol. The smallest absolute Gasteiger partial charge is 0.235 e. The zero-order chi connectivity index (χ0) is 6.24. The Hall–Kier alpha value is 1.21. The second-order valence-corrected chi connectivity index (χ2v) is 2.41. The van der Waals surface area contributed by atoms with Crippen molar-refractivity contribution in [2.24, 2.45) is 0 Å². The molecular formula is C8H20BrI. The lowest BCUT2D eigenvalue weighted by Crippen LogP contribution is -3.00. The van der Waals surface area contributed by atoms with Crippen LogP contribution in [0.15, 0.2) is 0 Å². The first-order valence-corrected chi connectivity index (χ1v) is 3.91. The van der Waals surface area contributed by atoms with Gasteiger partial charge in [-0.15, -0.1) is 0 Å². The Kier molecular flexibility index (Phi) is 28.9. The second-order valence-electron chi connectivity index (χ2n) is 2.41. The molecule has 10 heavy (non-hydrogen) atoms. The largest absolute Gasteiger partial charge is 1.00 e. The van der Waals surface area contributed by atoms with Gasteiger partial charge in [0, 0.05) is 0 Å². The molecular weight excluding hydrogens is 303 g/mol. The van der Waals surface area contributed by atoms with E-state index in [1.54, 1.807) is 0 Å². The van der Waals surface area contributed by atoms with Crippen LogP contribution in [0, 0.1) is 0 Å². The molecule has 0 aliphatic heterocycles. The number of hydrogen-bond donors (Lipinski definition) is 0. The number of rotatable bonds is 5. The third kappa shape index (κ3) is 16.1. The highest BCUT2D eigenvalue weighted by Crippen LogP contribution is 2.03. The summed E-state index contributed by atoms with van der Waals surface area (Å²) in [5.41, 5.74) is 0. The van der Waals surface area contributed by atoms with Crippen molar-refractivity contribution in [3.63, 3.8) is 0 Å². The van der Waals surface area contributed by atoms with Crippen molar-refractivity contribution in [1.29, 1.82) is 0 Å². The Morgan fingerprint density at radius 3 is 1.20 bits per heavy atom. The Balaban J connectivity index is -0.000000245. The maximum absolute atomic E-state index is 2.26. The molecule has 0 heterocycles. The SMILES string of the molecule is CCCCCCCC.[Br-].[IH2+]. The lowest BCUT2D eigenvalue weighted by Gasteiger charge is -1.93. The van der Waals surface area contributed by atoms with Crippen LogP contribution >= 0.6 is 0 Å². The highest BCUT2D eigenvalue weighted by molar-refractivity contribution is 4.39. The molecule has 2 heteroatoms. The molecule has 0 amide bonds. The molecule has 0 saturated heterocycles. The zero-order valence-electron chi connectivity index (χ0n) is 7.07. The topological polar surface area (TPSA) is 0 Å². The summed E-state index contributed by atoms with van der Waals surface area (Å²) < 4.78 is 0. The van der Waals surface area contributed by atoms with Crippen molar-refractivity contribution < 1.29 is 41.0 Å². The van der Waals surface area contributed by atoms with E-state index in [1.165, 1.54) is 38.5 Å². The van der Waals surface area contributed by atoms with Crippen LogP contribution in [0.3, 0.4) is 0 Å². The first-order valence-electron chi connectivity index (χ1n) is 3.91. The first kappa shape index (κ1) is 17.3. The molecule has 0 aliphatic rings. The van der Waals surface area contributed by atoms with E-state index in [0.29, 0.717) is 0 Å². The van der Waals surface area contributed by atoms with E-state index in [2.05, 4.69) is 13.8 Å². The fourth-order valence-electron chi connectivity index (χ4n) is 0.854. The van der Waals surface area contributed by atoms with Crippen molar-refractivity contribution in [1.82, 2.24) is 0 Å². The summed E-state index contributed by atoms with van der Waals surface area (Å²) in [6.07, 6.45) is 8.49. The summed E-state index contributed by atoms with van der Waals surface area (Å²) in [6, 6.07) is 0. The fourth-order valence-corrected chi connectivity index (χ4v) is 0.854. The molecule has 0 N–H and O–H groups in total. The van der Waals surface area contributed by atoms with Gasteiger partial charge < -0.3 is 17.0 Å². The Morgan fingerprint density at radius 2 is 1.00 bits per heavy atom. The Bertz CT molecular complexity index is 34.2. The molecule has 0 saturated carbocycles. The summed E-state index contributed by atoms with van der Waals surface area (Å²) in [5.74, 6) is 0. The summed E-state index contributed by atoms with van der Waals surface area (Å²) in [4.78, 5) is 0. The number of halogens is 2. The van der Waals surface area contributed by atoms with Crippen LogP contribution in [-0.2, 0) is 0 Å². The molecule has 0 bridgehead atoms. The van der Waals surface area contributed by atoms with Crippen molar-refractivity contribution in [2.75, 3.05) is 0 Å². The molecule has 0 rings (SSSR count). The maximum Gasteiger partial charge on any atom is 0.235 e. The lowest BCUT2D eigenvalue weighted by molar-refractivity contribution is -0.001000. The lowest BCUT2D eigenvalue weighted by atomic mass is 10.1. The van der Waals surface area contributed by atoms with Crippen molar-refractivity contribution in [3.8, 4) is 0 Å². The summed E-state index contributed by atoms with van der Waals surface area (Å²) in [7, 11) is 0. The summed E-state index contributed by atoms with van der Waals surface area (Å²) >= 11 is 0. The van der Waals surface area contributed by atoms with Crippen LogP contribution in [0.5, 0.6) is 0 Å². The minimum absolute atomic E-state index is 0. The summed E-state index contributed by atoms with van der Waals surface area (Å²) in [5, 5.41) is 0. The van der Waals surface area contributed by atoms with E-state index in [4.69, 9.17) is 0 Å². The van der Waals surface area contributed by atoms with Gasteiger partial charge in [0.2, 0.25) is 24.0 Å². The van der Waals surface area contributed by atoms with Gasteiger partial charge in [-0.05, 0) is 0 Å². The van der Waals surface area contributed by atoms with Gasteiger partial charge in [0.05, 0.1) is 0 Å². The van der Waals surface area contributed by atoms with Crippen LogP contribution in [0.25, 0.3) is 0 Å². The van der Waals surface area contributed by atoms with Gasteiger partial charge in [-0.1, -0.05) is 52.4 Å². The molecule has 0 fully saturated rings. The Morgan fingerprint density at radius 1 is 0.700 bits per heavy atom. The monoisotopic (exact) mass is 322 g/mol. The van der Waals surface area contributed by atoms with Crippen LogP contribution in [0.4, 0.5) is 0 Å². The van der Waals surface area contributed by atoms with Gasteiger partial charge in [-0.2, -0.15) is 0 Å².